The molecule has 1 aliphatic rings. The lowest BCUT2D eigenvalue weighted by Crippen LogP contribution is -2.35. The Labute approximate surface area is 129 Å². The van der Waals surface area contributed by atoms with E-state index in [0.717, 1.165) is 43.0 Å². The van der Waals surface area contributed by atoms with Gasteiger partial charge in [-0.15, -0.1) is 11.3 Å². The molecule has 0 amide bonds. The number of hydrogen-bond donors (Lipinski definition) is 2. The van der Waals surface area contributed by atoms with Crippen molar-refractivity contribution in [3.63, 3.8) is 0 Å². The predicted molar refractivity (Wildman–Crippen MR) is 87.6 cm³/mol. The van der Waals surface area contributed by atoms with Crippen LogP contribution in [0.2, 0.25) is 0 Å². The van der Waals surface area contributed by atoms with Crippen LogP contribution in [0.5, 0.6) is 0 Å². The number of thiophene rings is 1. The SMILES string of the molecule is CCCc1c(NN)ncnc1N1CCc2sccc2C1C. The number of nitrogens with two attached hydrogens (primary N) is 1. The second-order valence-corrected chi connectivity index (χ2v) is 6.34. The Morgan fingerprint density at radius 2 is 2.33 bits per heavy atom. The van der Waals surface area contributed by atoms with E-state index < -0.39 is 0 Å². The molecule has 0 aliphatic carbocycles. The van der Waals surface area contributed by atoms with Gasteiger partial charge in [0.05, 0.1) is 6.04 Å². The van der Waals surface area contributed by atoms with E-state index in [9.17, 15) is 0 Å². The van der Waals surface area contributed by atoms with Crippen LogP contribution < -0.4 is 16.2 Å². The third kappa shape index (κ3) is 2.49. The minimum atomic E-state index is 0.344. The summed E-state index contributed by atoms with van der Waals surface area (Å²) < 4.78 is 0. The fraction of sp³-hybridized carbons (Fsp3) is 0.467. The Morgan fingerprint density at radius 3 is 3.10 bits per heavy atom. The predicted octanol–water partition coefficient (Wildman–Crippen LogP) is 2.90. The van der Waals surface area contributed by atoms with E-state index in [1.54, 1.807) is 6.33 Å². The van der Waals surface area contributed by atoms with Crippen LogP contribution >= 0.6 is 11.3 Å². The van der Waals surface area contributed by atoms with Gasteiger partial charge >= 0.3 is 0 Å². The van der Waals surface area contributed by atoms with E-state index in [4.69, 9.17) is 5.84 Å². The van der Waals surface area contributed by atoms with Gasteiger partial charge in [-0.05, 0) is 36.8 Å². The van der Waals surface area contributed by atoms with E-state index in [2.05, 4.69) is 45.6 Å². The third-order valence-corrected chi connectivity index (χ3v) is 5.11. The van der Waals surface area contributed by atoms with Crippen molar-refractivity contribution in [3.05, 3.63) is 33.8 Å². The summed E-state index contributed by atoms with van der Waals surface area (Å²) in [6.45, 7) is 5.40. The summed E-state index contributed by atoms with van der Waals surface area (Å²) in [7, 11) is 0. The first kappa shape index (κ1) is 14.3. The van der Waals surface area contributed by atoms with Crippen LogP contribution in [0.1, 0.15) is 42.3 Å². The molecular formula is C15H21N5S. The average Bonchev–Trinajstić information content (AvgIpc) is 2.98. The Morgan fingerprint density at radius 1 is 1.48 bits per heavy atom. The molecular weight excluding hydrogens is 282 g/mol. The lowest BCUT2D eigenvalue weighted by atomic mass is 10.0. The van der Waals surface area contributed by atoms with Crippen molar-refractivity contribution >= 4 is 23.0 Å². The number of aromatic nitrogens is 2. The van der Waals surface area contributed by atoms with Crippen LogP contribution in [0.15, 0.2) is 17.8 Å². The van der Waals surface area contributed by atoms with Crippen LogP contribution in [0, 0.1) is 0 Å². The summed E-state index contributed by atoms with van der Waals surface area (Å²) in [5.41, 5.74) is 5.26. The molecule has 0 radical (unpaired) electrons. The maximum Gasteiger partial charge on any atom is 0.148 e. The molecule has 0 aromatic carbocycles. The molecule has 0 bridgehead atoms. The number of fused-ring (bicyclic) bond motifs is 1. The zero-order valence-corrected chi connectivity index (χ0v) is 13.3. The monoisotopic (exact) mass is 303 g/mol. The molecule has 112 valence electrons. The van der Waals surface area contributed by atoms with E-state index in [1.165, 1.54) is 10.4 Å². The largest absolute Gasteiger partial charge is 0.349 e. The molecule has 1 unspecified atom stereocenters. The van der Waals surface area contributed by atoms with Gasteiger partial charge in [-0.2, -0.15) is 0 Å². The van der Waals surface area contributed by atoms with Gasteiger partial charge in [0.25, 0.3) is 0 Å². The summed E-state index contributed by atoms with van der Waals surface area (Å²) >= 11 is 1.86. The van der Waals surface area contributed by atoms with Crippen molar-refractivity contribution in [1.82, 2.24) is 9.97 Å². The molecule has 3 heterocycles. The third-order valence-electron chi connectivity index (χ3n) is 4.11. The molecule has 2 aromatic heterocycles. The number of hydrogen-bond acceptors (Lipinski definition) is 6. The molecule has 21 heavy (non-hydrogen) atoms. The van der Waals surface area contributed by atoms with E-state index >= 15 is 0 Å². The first-order valence-corrected chi connectivity index (χ1v) is 8.27. The number of rotatable bonds is 4. The molecule has 1 aliphatic heterocycles. The number of nitrogens with zero attached hydrogens (tertiary/aromatic N) is 3. The molecule has 5 nitrogen and oxygen atoms in total. The maximum atomic E-state index is 5.62. The fourth-order valence-electron chi connectivity index (χ4n) is 3.05. The van der Waals surface area contributed by atoms with Crippen LogP contribution in [0.4, 0.5) is 11.6 Å². The van der Waals surface area contributed by atoms with Gasteiger partial charge in [-0.25, -0.2) is 15.8 Å². The lowest BCUT2D eigenvalue weighted by molar-refractivity contribution is 0.619. The lowest BCUT2D eigenvalue weighted by Gasteiger charge is -2.36. The second-order valence-electron chi connectivity index (χ2n) is 5.34. The van der Waals surface area contributed by atoms with Gasteiger partial charge < -0.3 is 10.3 Å². The molecule has 0 fully saturated rings. The van der Waals surface area contributed by atoms with Gasteiger partial charge in [-0.3, -0.25) is 0 Å². The molecule has 0 saturated carbocycles. The van der Waals surface area contributed by atoms with Gasteiger partial charge in [0.15, 0.2) is 0 Å². The first-order valence-electron chi connectivity index (χ1n) is 7.39. The number of nitrogens with one attached hydrogen (secondary N) is 1. The molecule has 3 N–H and O–H groups in total. The van der Waals surface area contributed by atoms with Gasteiger partial charge in [0.2, 0.25) is 0 Å². The number of hydrazine groups is 1. The summed E-state index contributed by atoms with van der Waals surface area (Å²) in [6, 6.07) is 2.58. The Balaban J connectivity index is 2.01. The zero-order chi connectivity index (χ0) is 14.8. The maximum absolute atomic E-state index is 5.62. The normalized spacial score (nSPS) is 17.7. The summed E-state index contributed by atoms with van der Waals surface area (Å²) in [5.74, 6) is 7.38. The van der Waals surface area contributed by atoms with Crippen LogP contribution in [-0.2, 0) is 12.8 Å². The van der Waals surface area contributed by atoms with E-state index in [1.807, 2.05) is 11.3 Å². The van der Waals surface area contributed by atoms with Crippen molar-refractivity contribution in [2.24, 2.45) is 5.84 Å². The zero-order valence-electron chi connectivity index (χ0n) is 12.5. The summed E-state index contributed by atoms with van der Waals surface area (Å²) in [6.07, 6.45) is 4.65. The van der Waals surface area contributed by atoms with Gasteiger partial charge in [0, 0.05) is 17.0 Å². The average molecular weight is 303 g/mol. The minimum absolute atomic E-state index is 0.344. The molecule has 3 rings (SSSR count). The highest BCUT2D eigenvalue weighted by Crippen LogP contribution is 2.37. The highest BCUT2D eigenvalue weighted by molar-refractivity contribution is 7.10. The van der Waals surface area contributed by atoms with E-state index in [-0.39, 0.29) is 0 Å². The fourth-order valence-corrected chi connectivity index (χ4v) is 4.02. The van der Waals surface area contributed by atoms with Crippen molar-refractivity contribution in [3.8, 4) is 0 Å². The van der Waals surface area contributed by atoms with Crippen LogP contribution in [-0.4, -0.2) is 16.5 Å². The molecule has 0 saturated heterocycles. The molecule has 0 spiro atoms. The number of anilines is 2. The smallest absolute Gasteiger partial charge is 0.148 e. The highest BCUT2D eigenvalue weighted by Gasteiger charge is 2.28. The van der Waals surface area contributed by atoms with Crippen LogP contribution in [0.3, 0.4) is 0 Å². The van der Waals surface area contributed by atoms with Gasteiger partial charge in [-0.1, -0.05) is 13.3 Å². The minimum Gasteiger partial charge on any atom is -0.349 e. The number of nitrogen functional groups attached to an aromatic ring is 1. The van der Waals surface area contributed by atoms with Crippen LogP contribution in [0.25, 0.3) is 0 Å². The van der Waals surface area contributed by atoms with Crippen molar-refractivity contribution in [2.75, 3.05) is 16.9 Å². The Kier molecular flexibility index (Phi) is 4.07. The van der Waals surface area contributed by atoms with Crippen molar-refractivity contribution in [1.29, 1.82) is 0 Å². The Hall–Kier alpha value is -1.66. The Bertz CT molecular complexity index is 624. The second kappa shape index (κ2) is 5.99. The quantitative estimate of drug-likeness (QED) is 0.671. The summed E-state index contributed by atoms with van der Waals surface area (Å²) in [5, 5.41) is 2.18. The first-order chi connectivity index (χ1) is 10.3. The summed E-state index contributed by atoms with van der Waals surface area (Å²) in [4.78, 5) is 12.7. The van der Waals surface area contributed by atoms with Crippen molar-refractivity contribution < 1.29 is 0 Å². The van der Waals surface area contributed by atoms with Crippen molar-refractivity contribution in [2.45, 2.75) is 39.2 Å². The molecule has 1 atom stereocenters. The molecule has 2 aromatic rings. The standard InChI is InChI=1S/C15H21N5S/c1-3-4-12-14(19-16)17-9-18-15(12)20-7-5-13-11(10(20)2)6-8-21-13/h6,8-10H,3-5,7,16H2,1-2H3,(H,17,18,19). The topological polar surface area (TPSA) is 67.1 Å². The van der Waals surface area contributed by atoms with Gasteiger partial charge in [0.1, 0.15) is 18.0 Å². The molecule has 6 heteroatoms. The highest BCUT2D eigenvalue weighted by atomic mass is 32.1. The van der Waals surface area contributed by atoms with E-state index in [0.29, 0.717) is 6.04 Å².